The Hall–Kier alpha value is -2.21. The van der Waals surface area contributed by atoms with Gasteiger partial charge in [-0.1, -0.05) is 6.07 Å². The quantitative estimate of drug-likeness (QED) is 0.903. The number of aromatic nitrogens is 2. The molecule has 6 heteroatoms. The molecule has 2 rings (SSSR count). The van der Waals surface area contributed by atoms with Gasteiger partial charge in [0.05, 0.1) is 26.0 Å². The number of benzene rings is 1. The lowest BCUT2D eigenvalue weighted by molar-refractivity contribution is 0.386. The maximum atomic E-state index is 13.6. The SMILES string of the molecule is COc1cc(C(N)Cc2ccc(OC)c(F)c2)ncn1. The Bertz CT molecular complexity index is 592. The highest BCUT2D eigenvalue weighted by Crippen LogP contribution is 2.21. The molecule has 0 radical (unpaired) electrons. The van der Waals surface area contributed by atoms with Gasteiger partial charge in [-0.2, -0.15) is 0 Å². The predicted molar refractivity (Wildman–Crippen MR) is 72.2 cm³/mol. The van der Waals surface area contributed by atoms with Crippen molar-refractivity contribution < 1.29 is 13.9 Å². The van der Waals surface area contributed by atoms with Crippen molar-refractivity contribution in [3.8, 4) is 11.6 Å². The average Bonchev–Trinajstić information content (AvgIpc) is 2.47. The van der Waals surface area contributed by atoms with Crippen LogP contribution >= 0.6 is 0 Å². The summed E-state index contributed by atoms with van der Waals surface area (Å²) in [6.07, 6.45) is 1.85. The van der Waals surface area contributed by atoms with E-state index in [1.807, 2.05) is 0 Å². The summed E-state index contributed by atoms with van der Waals surface area (Å²) < 4.78 is 23.5. The summed E-state index contributed by atoms with van der Waals surface area (Å²) in [5.41, 5.74) is 7.49. The minimum atomic E-state index is -0.405. The molecule has 0 fully saturated rings. The van der Waals surface area contributed by atoms with Gasteiger partial charge in [0.15, 0.2) is 11.6 Å². The highest BCUT2D eigenvalue weighted by Gasteiger charge is 2.12. The van der Waals surface area contributed by atoms with Crippen LogP contribution in [-0.4, -0.2) is 24.2 Å². The third-order valence-corrected chi connectivity index (χ3v) is 2.92. The Kier molecular flexibility index (Phi) is 4.47. The molecule has 1 aromatic carbocycles. The first-order valence-electron chi connectivity index (χ1n) is 6.08. The summed E-state index contributed by atoms with van der Waals surface area (Å²) in [7, 11) is 2.95. The maximum Gasteiger partial charge on any atom is 0.216 e. The topological polar surface area (TPSA) is 70.3 Å². The van der Waals surface area contributed by atoms with Gasteiger partial charge in [-0.3, -0.25) is 0 Å². The molecule has 0 aliphatic rings. The first-order valence-corrected chi connectivity index (χ1v) is 6.08. The van der Waals surface area contributed by atoms with Crippen molar-refractivity contribution in [2.75, 3.05) is 14.2 Å². The third-order valence-electron chi connectivity index (χ3n) is 2.92. The number of hydrogen-bond acceptors (Lipinski definition) is 5. The van der Waals surface area contributed by atoms with Gasteiger partial charge >= 0.3 is 0 Å². The molecule has 20 heavy (non-hydrogen) atoms. The van der Waals surface area contributed by atoms with Crippen LogP contribution < -0.4 is 15.2 Å². The largest absolute Gasteiger partial charge is 0.494 e. The van der Waals surface area contributed by atoms with E-state index in [1.165, 1.54) is 26.6 Å². The van der Waals surface area contributed by atoms with E-state index in [0.29, 0.717) is 18.0 Å². The van der Waals surface area contributed by atoms with Gasteiger partial charge < -0.3 is 15.2 Å². The fourth-order valence-electron chi connectivity index (χ4n) is 1.86. The summed E-state index contributed by atoms with van der Waals surface area (Å²) >= 11 is 0. The Morgan fingerprint density at radius 2 is 2.00 bits per heavy atom. The standard InChI is InChI=1S/C14H16FN3O2/c1-19-13-4-3-9(5-10(13)15)6-11(16)12-7-14(20-2)18-8-17-12/h3-5,7-8,11H,6,16H2,1-2H3. The number of methoxy groups -OCH3 is 2. The summed E-state index contributed by atoms with van der Waals surface area (Å²) in [4.78, 5) is 8.02. The van der Waals surface area contributed by atoms with Gasteiger partial charge in [-0.15, -0.1) is 0 Å². The number of ether oxygens (including phenoxy) is 2. The number of nitrogens with zero attached hydrogens (tertiary/aromatic N) is 2. The van der Waals surface area contributed by atoms with Gasteiger partial charge in [0, 0.05) is 6.07 Å². The minimum absolute atomic E-state index is 0.214. The monoisotopic (exact) mass is 277 g/mol. The van der Waals surface area contributed by atoms with E-state index in [9.17, 15) is 4.39 Å². The van der Waals surface area contributed by atoms with Crippen LogP contribution in [0.15, 0.2) is 30.6 Å². The van der Waals surface area contributed by atoms with Crippen LogP contribution in [0.2, 0.25) is 0 Å². The van der Waals surface area contributed by atoms with Gasteiger partial charge in [-0.05, 0) is 24.1 Å². The molecule has 106 valence electrons. The summed E-state index contributed by atoms with van der Waals surface area (Å²) in [5, 5.41) is 0. The van der Waals surface area contributed by atoms with Crippen molar-refractivity contribution >= 4 is 0 Å². The van der Waals surface area contributed by atoms with Gasteiger partial charge in [0.25, 0.3) is 0 Å². The first-order chi connectivity index (χ1) is 9.63. The van der Waals surface area contributed by atoms with Crippen LogP contribution in [0.25, 0.3) is 0 Å². The van der Waals surface area contributed by atoms with Crippen LogP contribution in [0.4, 0.5) is 4.39 Å². The minimum Gasteiger partial charge on any atom is -0.494 e. The smallest absolute Gasteiger partial charge is 0.216 e. The van der Waals surface area contributed by atoms with Gasteiger partial charge in [-0.25, -0.2) is 14.4 Å². The fourth-order valence-corrected chi connectivity index (χ4v) is 1.86. The van der Waals surface area contributed by atoms with Crippen LogP contribution in [-0.2, 0) is 6.42 Å². The first kappa shape index (κ1) is 14.2. The van der Waals surface area contributed by atoms with Crippen molar-refractivity contribution in [1.29, 1.82) is 0 Å². The van der Waals surface area contributed by atoms with E-state index in [0.717, 1.165) is 5.56 Å². The Balaban J connectivity index is 2.14. The van der Waals surface area contributed by atoms with Crippen molar-refractivity contribution in [3.05, 3.63) is 47.7 Å². The molecule has 1 heterocycles. The number of rotatable bonds is 5. The van der Waals surface area contributed by atoms with Crippen molar-refractivity contribution in [2.45, 2.75) is 12.5 Å². The summed E-state index contributed by atoms with van der Waals surface area (Å²) in [5.74, 6) is 0.259. The van der Waals surface area contributed by atoms with Gasteiger partial charge in [0.1, 0.15) is 6.33 Å². The van der Waals surface area contributed by atoms with Crippen molar-refractivity contribution in [1.82, 2.24) is 9.97 Å². The lowest BCUT2D eigenvalue weighted by Gasteiger charge is -2.12. The molecule has 0 bridgehead atoms. The average molecular weight is 277 g/mol. The second-order valence-electron chi connectivity index (χ2n) is 4.26. The van der Waals surface area contributed by atoms with E-state index in [-0.39, 0.29) is 11.8 Å². The molecule has 0 spiro atoms. The van der Waals surface area contributed by atoms with Crippen LogP contribution in [0.1, 0.15) is 17.3 Å². The Labute approximate surface area is 116 Å². The fraction of sp³-hybridized carbons (Fsp3) is 0.286. The zero-order valence-electron chi connectivity index (χ0n) is 11.3. The van der Waals surface area contributed by atoms with Crippen molar-refractivity contribution in [3.63, 3.8) is 0 Å². The van der Waals surface area contributed by atoms with E-state index in [4.69, 9.17) is 15.2 Å². The molecular formula is C14H16FN3O2. The lowest BCUT2D eigenvalue weighted by Crippen LogP contribution is -2.15. The maximum absolute atomic E-state index is 13.6. The summed E-state index contributed by atoms with van der Waals surface area (Å²) in [6.45, 7) is 0. The Morgan fingerprint density at radius 1 is 1.20 bits per heavy atom. The van der Waals surface area contributed by atoms with Crippen LogP contribution in [0, 0.1) is 5.82 Å². The zero-order chi connectivity index (χ0) is 14.5. The molecule has 1 unspecified atom stereocenters. The zero-order valence-corrected chi connectivity index (χ0v) is 11.3. The molecule has 1 aromatic heterocycles. The summed E-state index contributed by atoms with van der Waals surface area (Å²) in [6, 6.07) is 6.08. The number of nitrogens with two attached hydrogens (primary N) is 1. The predicted octanol–water partition coefficient (Wildman–Crippen LogP) is 1.88. The van der Waals surface area contributed by atoms with E-state index in [1.54, 1.807) is 18.2 Å². The molecule has 0 aliphatic heterocycles. The third kappa shape index (κ3) is 3.21. The van der Waals surface area contributed by atoms with Crippen LogP contribution in [0.5, 0.6) is 11.6 Å². The van der Waals surface area contributed by atoms with E-state index in [2.05, 4.69) is 9.97 Å². The highest BCUT2D eigenvalue weighted by molar-refractivity contribution is 5.30. The van der Waals surface area contributed by atoms with Crippen molar-refractivity contribution in [2.24, 2.45) is 5.73 Å². The van der Waals surface area contributed by atoms with E-state index < -0.39 is 5.82 Å². The molecule has 2 N–H and O–H groups in total. The Morgan fingerprint density at radius 3 is 2.65 bits per heavy atom. The second kappa shape index (κ2) is 6.29. The molecule has 2 aromatic rings. The molecule has 1 atom stereocenters. The van der Waals surface area contributed by atoms with E-state index >= 15 is 0 Å². The number of halogens is 1. The normalized spacial score (nSPS) is 12.0. The second-order valence-corrected chi connectivity index (χ2v) is 4.26. The molecule has 0 aliphatic carbocycles. The lowest BCUT2D eigenvalue weighted by atomic mass is 10.0. The molecule has 0 amide bonds. The number of hydrogen-bond donors (Lipinski definition) is 1. The molecule has 0 saturated heterocycles. The molecular weight excluding hydrogens is 261 g/mol. The molecule has 5 nitrogen and oxygen atoms in total. The van der Waals surface area contributed by atoms with Gasteiger partial charge in [0.2, 0.25) is 5.88 Å². The molecule has 0 saturated carbocycles. The highest BCUT2D eigenvalue weighted by atomic mass is 19.1. The van der Waals surface area contributed by atoms with Crippen LogP contribution in [0.3, 0.4) is 0 Å².